The Kier molecular flexibility index (Phi) is 7.28. The van der Waals surface area contributed by atoms with Gasteiger partial charge in [0.15, 0.2) is 17.4 Å². The van der Waals surface area contributed by atoms with Crippen LogP contribution in [0.5, 0.6) is 0 Å². The van der Waals surface area contributed by atoms with Crippen molar-refractivity contribution in [3.8, 4) is 22.5 Å². The van der Waals surface area contributed by atoms with Crippen molar-refractivity contribution in [3.63, 3.8) is 0 Å². The molecule has 0 aliphatic carbocycles. The molecule has 0 aliphatic rings. The maximum absolute atomic E-state index is 14.6. The maximum Gasteiger partial charge on any atom is 0.322 e. The number of aromatic nitrogens is 2. The van der Waals surface area contributed by atoms with Crippen molar-refractivity contribution in [2.45, 2.75) is 23.7 Å². The van der Waals surface area contributed by atoms with Crippen LogP contribution >= 0.6 is 22.6 Å². The highest BCUT2D eigenvalue weighted by atomic mass is 127. The maximum atomic E-state index is 14.6. The summed E-state index contributed by atoms with van der Waals surface area (Å²) in [5.74, 6) is -2.73. The van der Waals surface area contributed by atoms with Crippen molar-refractivity contribution in [3.05, 3.63) is 119 Å². The molecule has 9 heteroatoms. The third kappa shape index (κ3) is 5.32. The predicted octanol–water partition coefficient (Wildman–Crippen LogP) is 8.69. The Morgan fingerprint density at radius 3 is 2.38 bits per heavy atom. The van der Waals surface area contributed by atoms with Gasteiger partial charge < -0.3 is 0 Å². The predicted molar refractivity (Wildman–Crippen MR) is 148 cm³/mol. The molecule has 0 saturated carbocycles. The zero-order chi connectivity index (χ0) is 27.9. The Hall–Kier alpha value is -3.60. The third-order valence-electron chi connectivity index (χ3n) is 6.52. The lowest BCUT2D eigenvalue weighted by atomic mass is 9.94. The van der Waals surface area contributed by atoms with Gasteiger partial charge in [-0.1, -0.05) is 36.4 Å². The summed E-state index contributed by atoms with van der Waals surface area (Å²) < 4.78 is 69.1. The number of Topliss-reactive ketones (excluding diaryl/α,β-unsaturated/α-hetero) is 1. The van der Waals surface area contributed by atoms with Gasteiger partial charge in [-0.2, -0.15) is 8.78 Å². The molecule has 0 spiro atoms. The van der Waals surface area contributed by atoms with Crippen LogP contribution in [-0.2, 0) is 10.4 Å². The standard InChI is InChI=1S/C30H20F5IN2O/c1-17-28-21(5-3-15-38(28)29(37-17)22-4-2-6-25(32)27(22)33)19-10-13-24(30(34,35)36)23(16-19)26(39)14-9-18-7-11-20(31)12-8-18/h2-8,10-13,15-16H,9,14H2,1H3. The second kappa shape index (κ2) is 10.5. The van der Waals surface area contributed by atoms with Crippen molar-refractivity contribution >= 4 is 33.9 Å². The molecule has 39 heavy (non-hydrogen) atoms. The van der Waals surface area contributed by atoms with E-state index in [1.165, 1.54) is 42.5 Å². The Morgan fingerprint density at radius 2 is 1.67 bits per heavy atom. The van der Waals surface area contributed by atoms with E-state index in [9.17, 15) is 26.7 Å². The number of carbonyl (C=O) groups is 1. The van der Waals surface area contributed by atoms with Gasteiger partial charge in [-0.25, -0.2) is 18.2 Å². The summed E-state index contributed by atoms with van der Waals surface area (Å²) in [6, 6.07) is 17.1. The van der Waals surface area contributed by atoms with Gasteiger partial charge in [0.25, 0.3) is 0 Å². The molecule has 0 N–H and O–H groups in total. The quantitative estimate of drug-likeness (QED) is 0.0768. The van der Waals surface area contributed by atoms with Crippen LogP contribution in [0.3, 0.4) is 0 Å². The molecule has 0 atom stereocenters. The van der Waals surface area contributed by atoms with Crippen LogP contribution in [0, 0.1) is 24.4 Å². The van der Waals surface area contributed by atoms with E-state index >= 15 is 0 Å². The number of hydrogen-bond donors (Lipinski definition) is 0. The van der Waals surface area contributed by atoms with Gasteiger partial charge in [0.1, 0.15) is 11.6 Å². The summed E-state index contributed by atoms with van der Waals surface area (Å²) in [5.41, 5.74) is 2.31. The number of hydrogen-bond acceptors (Lipinski definition) is 2. The Morgan fingerprint density at radius 1 is 0.949 bits per heavy atom. The third-order valence-corrected chi connectivity index (χ3v) is 7.10. The topological polar surface area (TPSA) is 34.4 Å². The fourth-order valence-corrected chi connectivity index (χ4v) is 5.12. The van der Waals surface area contributed by atoms with E-state index in [0.29, 0.717) is 27.9 Å². The van der Waals surface area contributed by atoms with Gasteiger partial charge in [0.2, 0.25) is 0 Å². The molecular weight excluding hydrogens is 626 g/mol. The Balaban J connectivity index is 1.59. The van der Waals surface area contributed by atoms with E-state index in [1.54, 1.807) is 41.8 Å². The number of rotatable bonds is 7. The van der Waals surface area contributed by atoms with E-state index in [2.05, 4.69) is 4.98 Å². The number of nitrogens with zero attached hydrogens (tertiary/aromatic N) is 2. The molecule has 0 saturated heterocycles. The highest BCUT2D eigenvalue weighted by Gasteiger charge is 2.32. The van der Waals surface area contributed by atoms with Gasteiger partial charge in [0.05, 0.1) is 16.8 Å². The van der Waals surface area contributed by atoms with E-state index in [0.717, 1.165) is 28.7 Å². The minimum atomic E-state index is -3.29. The lowest BCUT2D eigenvalue weighted by molar-refractivity contribution is 0.0958. The van der Waals surface area contributed by atoms with Crippen molar-refractivity contribution in [2.75, 3.05) is 0 Å². The molecule has 0 bridgehead atoms. The second-order valence-electron chi connectivity index (χ2n) is 9.07. The molecule has 0 unspecified atom stereocenters. The number of fused-ring (bicyclic) bond motifs is 1. The normalized spacial score (nSPS) is 11.8. The Labute approximate surface area is 234 Å². The fraction of sp³-hybridized carbons (Fsp3) is 0.133. The minimum Gasteiger partial charge on any atom is -0.299 e. The number of ketones is 1. The van der Waals surface area contributed by atoms with Crippen LogP contribution in [0.15, 0.2) is 79.0 Å². The lowest BCUT2D eigenvalue weighted by Crippen LogP contribution is -2.12. The fourth-order valence-electron chi connectivity index (χ4n) is 4.65. The molecule has 3 nitrogen and oxygen atoms in total. The lowest BCUT2D eigenvalue weighted by Gasteiger charge is -2.16. The van der Waals surface area contributed by atoms with E-state index in [1.807, 2.05) is 0 Å². The largest absolute Gasteiger partial charge is 0.322 e. The number of pyridine rings is 1. The summed E-state index contributed by atoms with van der Waals surface area (Å²) in [6.07, 6.45) is 1.86. The summed E-state index contributed by atoms with van der Waals surface area (Å²) in [4.78, 5) is 17.7. The van der Waals surface area contributed by atoms with Crippen molar-refractivity contribution in [1.29, 1.82) is 0 Å². The van der Waals surface area contributed by atoms with Gasteiger partial charge in [-0.05, 0) is 60.9 Å². The number of carbonyl (C=O) groups excluding carboxylic acids is 1. The van der Waals surface area contributed by atoms with E-state index < -0.39 is 32.7 Å². The zero-order valence-corrected chi connectivity index (χ0v) is 22.6. The summed E-state index contributed by atoms with van der Waals surface area (Å²) in [6.45, 7) is 1.71. The zero-order valence-electron chi connectivity index (χ0n) is 20.5. The minimum absolute atomic E-state index is 0.0215. The van der Waals surface area contributed by atoms with Crippen molar-refractivity contribution in [2.24, 2.45) is 0 Å². The smallest absolute Gasteiger partial charge is 0.299 e. The number of benzene rings is 3. The highest BCUT2D eigenvalue weighted by molar-refractivity contribution is 14.1. The molecule has 0 aliphatic heterocycles. The van der Waals surface area contributed by atoms with Crippen LogP contribution in [0.1, 0.15) is 33.6 Å². The van der Waals surface area contributed by atoms with Crippen LogP contribution in [0.25, 0.3) is 28.0 Å². The SMILES string of the molecule is Cc1nc(-c2cccc(F)c2F)n2cccc(-c3ccc(C(F)(F)I)c(C(=O)CCc4ccc(F)cc4)c3)c12. The number of imidazole rings is 1. The number of halogens is 6. The molecule has 5 rings (SSSR count). The van der Waals surface area contributed by atoms with Crippen LogP contribution in [-0.4, -0.2) is 15.2 Å². The molecule has 198 valence electrons. The molecular formula is C30H20F5IN2O. The molecule has 0 fully saturated rings. The molecule has 3 aromatic carbocycles. The van der Waals surface area contributed by atoms with Gasteiger partial charge in [-0.3, -0.25) is 9.20 Å². The molecule has 0 amide bonds. The van der Waals surface area contributed by atoms with E-state index in [4.69, 9.17) is 0 Å². The molecule has 2 heterocycles. The van der Waals surface area contributed by atoms with Crippen molar-refractivity contribution in [1.82, 2.24) is 9.38 Å². The molecule has 0 radical (unpaired) electrons. The summed E-state index contributed by atoms with van der Waals surface area (Å²) >= 11 is 0.999. The average molecular weight is 646 g/mol. The first kappa shape index (κ1) is 27.0. The number of aryl methyl sites for hydroxylation is 2. The average Bonchev–Trinajstić information content (AvgIpc) is 3.25. The first-order chi connectivity index (χ1) is 18.5. The monoisotopic (exact) mass is 646 g/mol. The highest BCUT2D eigenvalue weighted by Crippen LogP contribution is 2.40. The number of alkyl halides is 3. The summed E-state index contributed by atoms with van der Waals surface area (Å²) in [5, 5.41) is 0. The first-order valence-electron chi connectivity index (χ1n) is 12.0. The van der Waals surface area contributed by atoms with E-state index in [-0.39, 0.29) is 29.8 Å². The van der Waals surface area contributed by atoms with Crippen LogP contribution in [0.4, 0.5) is 22.0 Å². The van der Waals surface area contributed by atoms with Crippen LogP contribution in [0.2, 0.25) is 0 Å². The van der Waals surface area contributed by atoms with Crippen LogP contribution < -0.4 is 0 Å². The van der Waals surface area contributed by atoms with Crippen molar-refractivity contribution < 1.29 is 26.7 Å². The van der Waals surface area contributed by atoms with Gasteiger partial charge >= 0.3 is 3.93 Å². The first-order valence-corrected chi connectivity index (χ1v) is 13.0. The van der Waals surface area contributed by atoms with Gasteiger partial charge in [0, 0.05) is 51.9 Å². The second-order valence-corrected chi connectivity index (χ2v) is 10.4. The molecule has 5 aromatic rings. The summed E-state index contributed by atoms with van der Waals surface area (Å²) in [7, 11) is 0. The van der Waals surface area contributed by atoms with Gasteiger partial charge in [-0.15, -0.1) is 0 Å². The molecule has 2 aromatic heterocycles. The Bertz CT molecular complexity index is 1710.